The maximum absolute atomic E-state index is 12.0. The van der Waals surface area contributed by atoms with Crippen molar-refractivity contribution in [2.45, 2.75) is 38.0 Å². The number of carbonyl (C=O) groups is 1. The normalized spacial score (nSPS) is 16.6. The van der Waals surface area contributed by atoms with Crippen molar-refractivity contribution in [1.29, 1.82) is 0 Å². The molecule has 0 saturated carbocycles. The number of piperidine rings is 1. The second-order valence-electron chi connectivity index (χ2n) is 7.29. The van der Waals surface area contributed by atoms with Crippen molar-refractivity contribution < 1.29 is 19.0 Å². The van der Waals surface area contributed by atoms with E-state index in [-0.39, 0.29) is 19.2 Å². The minimum Gasteiger partial charge on any atom is -0.469 e. The summed E-state index contributed by atoms with van der Waals surface area (Å²) in [6, 6.07) is 20.4. The second-order valence-corrected chi connectivity index (χ2v) is 7.29. The Morgan fingerprint density at radius 3 is 2.18 bits per heavy atom. The summed E-state index contributed by atoms with van der Waals surface area (Å²) in [6.07, 6.45) is 1.82. The van der Waals surface area contributed by atoms with Crippen LogP contribution in [-0.2, 0) is 32.2 Å². The van der Waals surface area contributed by atoms with E-state index in [2.05, 4.69) is 29.2 Å². The maximum Gasteiger partial charge on any atom is 0.308 e. The third-order valence-electron chi connectivity index (χ3n) is 5.27. The van der Waals surface area contributed by atoms with Crippen LogP contribution in [0, 0.1) is 0 Å². The third-order valence-corrected chi connectivity index (χ3v) is 5.27. The van der Waals surface area contributed by atoms with E-state index in [0.717, 1.165) is 38.0 Å². The molecule has 0 aliphatic carbocycles. The average Bonchev–Trinajstić information content (AvgIpc) is 2.74. The van der Waals surface area contributed by atoms with Crippen molar-refractivity contribution in [2.24, 2.45) is 0 Å². The van der Waals surface area contributed by atoms with Gasteiger partial charge in [-0.3, -0.25) is 9.69 Å². The number of methoxy groups -OCH3 is 1. The molecule has 0 amide bonds. The number of hydrogen-bond donors (Lipinski definition) is 0. The first-order valence-electron chi connectivity index (χ1n) is 9.78. The molecular weight excluding hydrogens is 354 g/mol. The molecule has 0 radical (unpaired) electrons. The number of benzene rings is 2. The Bertz CT molecular complexity index is 706. The maximum atomic E-state index is 12.0. The molecular formula is C23H29NO4. The van der Waals surface area contributed by atoms with Gasteiger partial charge in [0.2, 0.25) is 0 Å². The van der Waals surface area contributed by atoms with Crippen molar-refractivity contribution in [3.05, 3.63) is 71.8 Å². The first kappa shape index (κ1) is 20.5. The molecule has 1 saturated heterocycles. The van der Waals surface area contributed by atoms with Gasteiger partial charge in [0.1, 0.15) is 6.79 Å². The van der Waals surface area contributed by atoms with E-state index in [9.17, 15) is 4.79 Å². The van der Waals surface area contributed by atoms with Gasteiger partial charge in [0, 0.05) is 19.6 Å². The lowest BCUT2D eigenvalue weighted by atomic mass is 9.87. The quantitative estimate of drug-likeness (QED) is 0.375. The Labute approximate surface area is 167 Å². The van der Waals surface area contributed by atoms with E-state index in [1.807, 2.05) is 36.4 Å². The van der Waals surface area contributed by atoms with Crippen molar-refractivity contribution in [1.82, 2.24) is 4.90 Å². The van der Waals surface area contributed by atoms with E-state index in [0.29, 0.717) is 6.61 Å². The van der Waals surface area contributed by atoms with Gasteiger partial charge >= 0.3 is 5.97 Å². The first-order chi connectivity index (χ1) is 13.7. The van der Waals surface area contributed by atoms with Crippen LogP contribution in [-0.4, -0.2) is 43.5 Å². The van der Waals surface area contributed by atoms with Crippen LogP contribution in [0.25, 0.3) is 0 Å². The summed E-state index contributed by atoms with van der Waals surface area (Å²) in [5.74, 6) is -0.237. The van der Waals surface area contributed by atoms with Crippen molar-refractivity contribution in [2.75, 3.05) is 27.0 Å². The van der Waals surface area contributed by atoms with Gasteiger partial charge in [-0.25, -0.2) is 0 Å². The molecule has 1 aliphatic rings. The van der Waals surface area contributed by atoms with Crippen LogP contribution >= 0.6 is 0 Å². The molecule has 3 rings (SSSR count). The van der Waals surface area contributed by atoms with Crippen LogP contribution in [0.4, 0.5) is 0 Å². The summed E-state index contributed by atoms with van der Waals surface area (Å²) in [5, 5.41) is 0. The lowest BCUT2D eigenvalue weighted by Crippen LogP contribution is -2.47. The molecule has 0 aromatic heterocycles. The van der Waals surface area contributed by atoms with Crippen molar-refractivity contribution in [3.63, 3.8) is 0 Å². The molecule has 5 nitrogen and oxygen atoms in total. The lowest BCUT2D eigenvalue weighted by Gasteiger charge is -2.41. The highest BCUT2D eigenvalue weighted by Crippen LogP contribution is 2.31. The summed E-state index contributed by atoms with van der Waals surface area (Å²) in [6.45, 7) is 3.34. The Morgan fingerprint density at radius 2 is 1.57 bits per heavy atom. The Hall–Kier alpha value is -2.21. The molecule has 2 aromatic carbocycles. The topological polar surface area (TPSA) is 48.0 Å². The fourth-order valence-corrected chi connectivity index (χ4v) is 3.57. The monoisotopic (exact) mass is 383 g/mol. The zero-order valence-corrected chi connectivity index (χ0v) is 16.5. The Kier molecular flexibility index (Phi) is 7.60. The number of esters is 1. The van der Waals surface area contributed by atoms with Gasteiger partial charge < -0.3 is 14.2 Å². The average molecular weight is 383 g/mol. The zero-order valence-electron chi connectivity index (χ0n) is 16.5. The molecule has 2 aromatic rings. The number of hydrogen-bond acceptors (Lipinski definition) is 5. The molecule has 0 atom stereocenters. The molecule has 1 aliphatic heterocycles. The zero-order chi connectivity index (χ0) is 19.7. The molecule has 0 N–H and O–H groups in total. The van der Waals surface area contributed by atoms with Crippen LogP contribution in [0.5, 0.6) is 0 Å². The highest BCUT2D eigenvalue weighted by molar-refractivity contribution is 5.70. The molecule has 5 heteroatoms. The summed E-state index contributed by atoms with van der Waals surface area (Å²) < 4.78 is 16.7. The smallest absolute Gasteiger partial charge is 0.308 e. The standard InChI is InChI=1S/C23H29NO4/c1-26-22(25)16-23(28-19-27-18-21-10-6-3-7-11-21)12-14-24(15-13-23)17-20-8-4-2-5-9-20/h2-11H,12-19H2,1H3. The summed E-state index contributed by atoms with van der Waals surface area (Å²) in [5.41, 5.74) is 1.89. The van der Waals surface area contributed by atoms with Gasteiger partial charge in [-0.15, -0.1) is 0 Å². The van der Waals surface area contributed by atoms with E-state index < -0.39 is 5.60 Å². The predicted octanol–water partition coefficient (Wildman–Crippen LogP) is 3.78. The molecule has 1 fully saturated rings. The number of ether oxygens (including phenoxy) is 3. The van der Waals surface area contributed by atoms with Gasteiger partial charge in [-0.1, -0.05) is 60.7 Å². The third kappa shape index (κ3) is 6.16. The lowest BCUT2D eigenvalue weighted by molar-refractivity contribution is -0.180. The Balaban J connectivity index is 1.51. The van der Waals surface area contributed by atoms with Crippen LogP contribution < -0.4 is 0 Å². The van der Waals surface area contributed by atoms with E-state index in [1.54, 1.807) is 0 Å². The molecule has 0 bridgehead atoms. The molecule has 0 spiro atoms. The first-order valence-corrected chi connectivity index (χ1v) is 9.78. The van der Waals surface area contributed by atoms with Crippen LogP contribution in [0.1, 0.15) is 30.4 Å². The fourth-order valence-electron chi connectivity index (χ4n) is 3.57. The highest BCUT2D eigenvalue weighted by Gasteiger charge is 2.38. The molecule has 28 heavy (non-hydrogen) atoms. The largest absolute Gasteiger partial charge is 0.469 e. The number of rotatable bonds is 9. The van der Waals surface area contributed by atoms with Gasteiger partial charge in [0.05, 0.1) is 25.7 Å². The highest BCUT2D eigenvalue weighted by atomic mass is 16.7. The van der Waals surface area contributed by atoms with E-state index in [1.165, 1.54) is 12.7 Å². The number of carbonyl (C=O) groups excluding carboxylic acids is 1. The summed E-state index contributed by atoms with van der Waals surface area (Å²) >= 11 is 0. The SMILES string of the molecule is COC(=O)CC1(OCOCc2ccccc2)CCN(Cc2ccccc2)CC1. The summed E-state index contributed by atoms with van der Waals surface area (Å²) in [4.78, 5) is 14.4. The minimum absolute atomic E-state index is 0.171. The van der Waals surface area contributed by atoms with Gasteiger partial charge in [0.25, 0.3) is 0 Å². The number of likely N-dealkylation sites (tertiary alicyclic amines) is 1. The molecule has 150 valence electrons. The van der Waals surface area contributed by atoms with Crippen LogP contribution in [0.2, 0.25) is 0 Å². The van der Waals surface area contributed by atoms with Gasteiger partial charge in [-0.05, 0) is 24.0 Å². The van der Waals surface area contributed by atoms with Gasteiger partial charge in [0.15, 0.2) is 0 Å². The van der Waals surface area contributed by atoms with Crippen molar-refractivity contribution in [3.8, 4) is 0 Å². The van der Waals surface area contributed by atoms with E-state index >= 15 is 0 Å². The van der Waals surface area contributed by atoms with Crippen molar-refractivity contribution >= 4 is 5.97 Å². The van der Waals surface area contributed by atoms with Crippen LogP contribution in [0.15, 0.2) is 60.7 Å². The van der Waals surface area contributed by atoms with Gasteiger partial charge in [-0.2, -0.15) is 0 Å². The summed E-state index contributed by atoms with van der Waals surface area (Å²) in [7, 11) is 1.42. The molecule has 0 unspecified atom stereocenters. The van der Waals surface area contributed by atoms with Crippen LogP contribution in [0.3, 0.4) is 0 Å². The fraction of sp³-hybridized carbons (Fsp3) is 0.435. The minimum atomic E-state index is -0.517. The number of nitrogens with zero attached hydrogens (tertiary/aromatic N) is 1. The predicted molar refractivity (Wildman–Crippen MR) is 108 cm³/mol. The molecule has 1 heterocycles. The Morgan fingerprint density at radius 1 is 0.964 bits per heavy atom. The van der Waals surface area contributed by atoms with E-state index in [4.69, 9.17) is 14.2 Å². The second kappa shape index (κ2) is 10.4.